The summed E-state index contributed by atoms with van der Waals surface area (Å²) in [5.41, 5.74) is 1.80. The van der Waals surface area contributed by atoms with Crippen LogP contribution in [0.15, 0.2) is 48.2 Å². The summed E-state index contributed by atoms with van der Waals surface area (Å²) >= 11 is 0. The molecule has 0 aliphatic rings. The van der Waals surface area contributed by atoms with E-state index in [1.165, 1.54) is 20.1 Å². The predicted octanol–water partition coefficient (Wildman–Crippen LogP) is 4.85. The Morgan fingerprint density at radius 2 is 1.59 bits per heavy atom. The average molecular weight is 513 g/mol. The van der Waals surface area contributed by atoms with Gasteiger partial charge in [0, 0.05) is 18.2 Å². The van der Waals surface area contributed by atoms with E-state index in [-0.39, 0.29) is 18.9 Å². The van der Waals surface area contributed by atoms with Crippen LogP contribution in [0.3, 0.4) is 0 Å². The van der Waals surface area contributed by atoms with Gasteiger partial charge in [-0.2, -0.15) is 0 Å². The van der Waals surface area contributed by atoms with Gasteiger partial charge in [0.1, 0.15) is 24.5 Å². The molecule has 0 aliphatic carbocycles. The molecule has 2 N–H and O–H groups in total. The van der Waals surface area contributed by atoms with E-state index in [1.807, 2.05) is 18.2 Å². The van der Waals surface area contributed by atoms with E-state index < -0.39 is 29.7 Å². The van der Waals surface area contributed by atoms with Crippen LogP contribution in [-0.2, 0) is 41.8 Å². The number of esters is 2. The van der Waals surface area contributed by atoms with Crippen LogP contribution < -0.4 is 10.6 Å². The topological polar surface area (TPSA) is 129 Å². The van der Waals surface area contributed by atoms with Crippen molar-refractivity contribution in [3.05, 3.63) is 70.4 Å². The van der Waals surface area contributed by atoms with Gasteiger partial charge in [0.2, 0.25) is 0 Å². The van der Waals surface area contributed by atoms with E-state index >= 15 is 0 Å². The molecule has 198 valence electrons. The van der Waals surface area contributed by atoms with Crippen molar-refractivity contribution in [2.45, 2.75) is 53.4 Å². The van der Waals surface area contributed by atoms with Crippen LogP contribution in [0.2, 0.25) is 0 Å². The third kappa shape index (κ3) is 9.67. The first kappa shape index (κ1) is 28.9. The van der Waals surface area contributed by atoms with Gasteiger partial charge in [-0.05, 0) is 56.5 Å². The molecule has 0 aromatic heterocycles. The Hall–Kier alpha value is -4.34. The molecule has 0 saturated heterocycles. The van der Waals surface area contributed by atoms with Crippen LogP contribution >= 0.6 is 0 Å². The first-order valence-electron chi connectivity index (χ1n) is 11.4. The Morgan fingerprint density at radius 1 is 0.919 bits per heavy atom. The van der Waals surface area contributed by atoms with Gasteiger partial charge in [-0.3, -0.25) is 15.4 Å². The monoisotopic (exact) mass is 512 g/mol. The van der Waals surface area contributed by atoms with Gasteiger partial charge in [-0.25, -0.2) is 14.4 Å². The number of hydrogen-bond donors (Lipinski definition) is 2. The lowest BCUT2D eigenvalue weighted by Crippen LogP contribution is -2.28. The summed E-state index contributed by atoms with van der Waals surface area (Å²) in [6.45, 7) is 8.05. The number of carbonyl (C=O) groups excluding carboxylic acids is 4. The van der Waals surface area contributed by atoms with Crippen LogP contribution in [0.1, 0.15) is 49.9 Å². The first-order chi connectivity index (χ1) is 17.4. The number of anilines is 1. The molecule has 10 heteroatoms. The van der Waals surface area contributed by atoms with Crippen LogP contribution in [0.4, 0.5) is 15.3 Å². The molecule has 2 aromatic carbocycles. The van der Waals surface area contributed by atoms with Gasteiger partial charge in [0.25, 0.3) is 0 Å². The standard InChI is InChI=1S/C27H32N2O8/c1-17-21(16-35-18(2)30)20(12-13-22(17)28-26(33)37-27(3,4)5)14-23(24(31)34-6)29-25(32)36-15-19-10-8-7-9-11-19/h7-14H,15-16H2,1-6H3,(H,28,33)(H,29,32)/b23-14-. The molecule has 0 fully saturated rings. The maximum Gasteiger partial charge on any atom is 0.412 e. The highest BCUT2D eigenvalue weighted by Crippen LogP contribution is 2.26. The summed E-state index contributed by atoms with van der Waals surface area (Å²) in [5, 5.41) is 5.07. The summed E-state index contributed by atoms with van der Waals surface area (Å²) in [4.78, 5) is 48.6. The zero-order valence-electron chi connectivity index (χ0n) is 21.8. The summed E-state index contributed by atoms with van der Waals surface area (Å²) < 4.78 is 20.5. The number of amides is 2. The quantitative estimate of drug-likeness (QED) is 0.292. The van der Waals surface area contributed by atoms with E-state index in [9.17, 15) is 19.2 Å². The van der Waals surface area contributed by atoms with Gasteiger partial charge >= 0.3 is 24.1 Å². The van der Waals surface area contributed by atoms with Crippen molar-refractivity contribution in [1.29, 1.82) is 0 Å². The lowest BCUT2D eigenvalue weighted by Gasteiger charge is -2.21. The fraction of sp³-hybridized carbons (Fsp3) is 0.333. The molecule has 0 unspecified atom stereocenters. The largest absolute Gasteiger partial charge is 0.464 e. The molecule has 10 nitrogen and oxygen atoms in total. The summed E-state index contributed by atoms with van der Waals surface area (Å²) in [7, 11) is 1.17. The van der Waals surface area contributed by atoms with Crippen molar-refractivity contribution in [3.63, 3.8) is 0 Å². The predicted molar refractivity (Wildman–Crippen MR) is 136 cm³/mol. The van der Waals surface area contributed by atoms with Gasteiger partial charge in [-0.15, -0.1) is 0 Å². The number of alkyl carbamates (subject to hydrolysis) is 1. The normalized spacial score (nSPS) is 11.2. The van der Waals surface area contributed by atoms with Crippen LogP contribution in [0.25, 0.3) is 6.08 Å². The SMILES string of the molecule is COC(=O)/C(=C/c1ccc(NC(=O)OC(C)(C)C)c(C)c1COC(C)=O)NC(=O)OCc1ccccc1. The molecule has 0 saturated carbocycles. The highest BCUT2D eigenvalue weighted by molar-refractivity contribution is 5.97. The lowest BCUT2D eigenvalue weighted by molar-refractivity contribution is -0.142. The number of hydrogen-bond acceptors (Lipinski definition) is 8. The summed E-state index contributed by atoms with van der Waals surface area (Å²) in [5.74, 6) is -1.33. The molecule has 0 spiro atoms. The van der Waals surface area contributed by atoms with Crippen LogP contribution in [0.5, 0.6) is 0 Å². The fourth-order valence-electron chi connectivity index (χ4n) is 3.11. The van der Waals surface area contributed by atoms with E-state index in [0.29, 0.717) is 22.4 Å². The maximum atomic E-state index is 12.4. The van der Waals surface area contributed by atoms with Crippen molar-refractivity contribution in [2.24, 2.45) is 0 Å². The molecule has 0 heterocycles. The number of carbonyl (C=O) groups is 4. The smallest absolute Gasteiger partial charge is 0.412 e. The highest BCUT2D eigenvalue weighted by atomic mass is 16.6. The Morgan fingerprint density at radius 3 is 2.19 bits per heavy atom. The van der Waals surface area contributed by atoms with Crippen molar-refractivity contribution in [2.75, 3.05) is 12.4 Å². The molecular weight excluding hydrogens is 480 g/mol. The minimum Gasteiger partial charge on any atom is -0.464 e. The number of benzene rings is 2. The van der Waals surface area contributed by atoms with Gasteiger partial charge < -0.3 is 18.9 Å². The molecule has 37 heavy (non-hydrogen) atoms. The maximum absolute atomic E-state index is 12.4. The number of methoxy groups -OCH3 is 1. The first-order valence-corrected chi connectivity index (χ1v) is 11.4. The zero-order valence-corrected chi connectivity index (χ0v) is 21.8. The molecule has 0 bridgehead atoms. The Labute approximate surface area is 215 Å². The van der Waals surface area contributed by atoms with Gasteiger partial charge in [-0.1, -0.05) is 36.4 Å². The number of nitrogens with one attached hydrogen (secondary N) is 2. The van der Waals surface area contributed by atoms with Crippen molar-refractivity contribution >= 4 is 35.9 Å². The van der Waals surface area contributed by atoms with Crippen molar-refractivity contribution in [3.8, 4) is 0 Å². The highest BCUT2D eigenvalue weighted by Gasteiger charge is 2.20. The fourth-order valence-corrected chi connectivity index (χ4v) is 3.11. The molecule has 2 aromatic rings. The third-order valence-electron chi connectivity index (χ3n) is 4.84. The summed E-state index contributed by atoms with van der Waals surface area (Å²) in [6.07, 6.45) is -0.143. The van der Waals surface area contributed by atoms with Crippen LogP contribution in [0, 0.1) is 6.92 Å². The molecule has 2 rings (SSSR count). The van der Waals surface area contributed by atoms with E-state index in [0.717, 1.165) is 5.56 Å². The van der Waals surface area contributed by atoms with E-state index in [4.69, 9.17) is 18.9 Å². The van der Waals surface area contributed by atoms with Gasteiger partial charge in [0.05, 0.1) is 7.11 Å². The molecule has 0 atom stereocenters. The Bertz CT molecular complexity index is 1170. The lowest BCUT2D eigenvalue weighted by atomic mass is 9.99. The van der Waals surface area contributed by atoms with E-state index in [1.54, 1.807) is 52.0 Å². The zero-order chi connectivity index (χ0) is 27.6. The minimum atomic E-state index is -0.859. The molecule has 2 amide bonds. The molecule has 0 aliphatic heterocycles. The average Bonchev–Trinajstić information content (AvgIpc) is 2.82. The second-order valence-electron chi connectivity index (χ2n) is 8.95. The molecule has 0 radical (unpaired) electrons. The minimum absolute atomic E-state index is 0.00294. The van der Waals surface area contributed by atoms with Crippen molar-refractivity contribution < 1.29 is 38.1 Å². The summed E-state index contributed by atoms with van der Waals surface area (Å²) in [6, 6.07) is 12.2. The Balaban J connectivity index is 2.35. The van der Waals surface area contributed by atoms with E-state index in [2.05, 4.69) is 10.6 Å². The van der Waals surface area contributed by atoms with Crippen LogP contribution in [-0.4, -0.2) is 36.8 Å². The number of rotatable bonds is 8. The Kier molecular flexibility index (Phi) is 10.2. The van der Waals surface area contributed by atoms with Gasteiger partial charge in [0.15, 0.2) is 0 Å². The second-order valence-corrected chi connectivity index (χ2v) is 8.95. The number of ether oxygens (including phenoxy) is 4. The second kappa shape index (κ2) is 13.1. The molecular formula is C27H32N2O8. The third-order valence-corrected chi connectivity index (χ3v) is 4.84. The van der Waals surface area contributed by atoms with Crippen molar-refractivity contribution in [1.82, 2.24) is 5.32 Å².